The Balaban J connectivity index is 2.89. The molecule has 0 aromatic heterocycles. The molecule has 1 rings (SSSR count). The van der Waals surface area contributed by atoms with Gasteiger partial charge >= 0.3 is 0 Å². The minimum absolute atomic E-state index is 0.0304. The highest BCUT2D eigenvalue weighted by Gasteiger charge is 2.18. The van der Waals surface area contributed by atoms with Crippen molar-refractivity contribution in [1.82, 2.24) is 0 Å². The van der Waals surface area contributed by atoms with Crippen LogP contribution in [0, 0.1) is 16.0 Å². The van der Waals surface area contributed by atoms with Gasteiger partial charge in [0.1, 0.15) is 5.69 Å². The number of rotatable bonds is 9. The van der Waals surface area contributed by atoms with E-state index in [0.717, 1.165) is 12.8 Å². The van der Waals surface area contributed by atoms with E-state index in [2.05, 4.69) is 12.2 Å². The van der Waals surface area contributed by atoms with Crippen LogP contribution in [0.15, 0.2) is 18.2 Å². The molecule has 0 radical (unpaired) electrons. The van der Waals surface area contributed by atoms with Crippen molar-refractivity contribution in [2.75, 3.05) is 37.5 Å². The largest absolute Gasteiger partial charge is 0.385 e. The Hall–Kier alpha value is -2.15. The van der Waals surface area contributed by atoms with Crippen molar-refractivity contribution in [2.45, 2.75) is 26.7 Å². The molecule has 0 saturated carbocycles. The number of nitro groups is 1. The maximum Gasteiger partial charge on any atom is 0.294 e. The van der Waals surface area contributed by atoms with E-state index in [4.69, 9.17) is 4.74 Å². The molecule has 1 unspecified atom stereocenters. The summed E-state index contributed by atoms with van der Waals surface area (Å²) in [5.74, 6) is 0.208. The lowest BCUT2D eigenvalue weighted by molar-refractivity contribution is -0.383. The van der Waals surface area contributed by atoms with E-state index < -0.39 is 4.92 Å². The van der Waals surface area contributed by atoms with Crippen molar-refractivity contribution in [3.05, 3.63) is 28.3 Å². The summed E-state index contributed by atoms with van der Waals surface area (Å²) in [6, 6.07) is 4.77. The highest BCUT2D eigenvalue weighted by Crippen LogP contribution is 2.30. The summed E-state index contributed by atoms with van der Waals surface area (Å²) in [5.41, 5.74) is 0.935. The van der Waals surface area contributed by atoms with Crippen molar-refractivity contribution >= 4 is 23.0 Å². The maximum absolute atomic E-state index is 11.4. The average molecular weight is 323 g/mol. The number of amides is 1. The maximum atomic E-state index is 11.4. The van der Waals surface area contributed by atoms with Gasteiger partial charge in [-0.1, -0.05) is 13.3 Å². The first-order chi connectivity index (χ1) is 10.9. The number of hydrogen-bond acceptors (Lipinski definition) is 5. The van der Waals surface area contributed by atoms with Crippen LogP contribution in [-0.4, -0.2) is 38.1 Å². The predicted molar refractivity (Wildman–Crippen MR) is 90.9 cm³/mol. The highest BCUT2D eigenvalue weighted by molar-refractivity contribution is 5.91. The summed E-state index contributed by atoms with van der Waals surface area (Å²) in [6.07, 6.45) is 1.87. The summed E-state index contributed by atoms with van der Waals surface area (Å²) in [5, 5.41) is 14.4. The van der Waals surface area contributed by atoms with Gasteiger partial charge in [-0.25, -0.2) is 0 Å². The van der Waals surface area contributed by atoms with Crippen molar-refractivity contribution in [2.24, 2.45) is 5.92 Å². The lowest BCUT2D eigenvalue weighted by Gasteiger charge is -2.18. The van der Waals surface area contributed by atoms with E-state index in [9.17, 15) is 14.9 Å². The number of hydrogen-bond donors (Lipinski definition) is 1. The van der Waals surface area contributed by atoms with Crippen LogP contribution < -0.4 is 10.2 Å². The summed E-state index contributed by atoms with van der Waals surface area (Å²) < 4.78 is 5.08. The third-order valence-electron chi connectivity index (χ3n) is 3.93. The van der Waals surface area contributed by atoms with Crippen LogP contribution in [0.5, 0.6) is 0 Å². The van der Waals surface area contributed by atoms with E-state index >= 15 is 0 Å². The zero-order chi connectivity index (χ0) is 17.4. The molecule has 0 saturated heterocycles. The van der Waals surface area contributed by atoms with Gasteiger partial charge in [0.15, 0.2) is 0 Å². The van der Waals surface area contributed by atoms with Gasteiger partial charge in [-0.15, -0.1) is 0 Å². The summed E-state index contributed by atoms with van der Waals surface area (Å²) >= 11 is 0. The third-order valence-corrected chi connectivity index (χ3v) is 3.93. The number of anilines is 2. The first-order valence-electron chi connectivity index (χ1n) is 7.66. The van der Waals surface area contributed by atoms with Gasteiger partial charge < -0.3 is 15.0 Å². The normalized spacial score (nSPS) is 11.8. The number of ether oxygens (including phenoxy) is 1. The van der Waals surface area contributed by atoms with Crippen LogP contribution in [0.4, 0.5) is 17.1 Å². The number of nitro benzene ring substituents is 1. The van der Waals surface area contributed by atoms with E-state index in [0.29, 0.717) is 30.4 Å². The van der Waals surface area contributed by atoms with Crippen LogP contribution in [-0.2, 0) is 9.53 Å². The van der Waals surface area contributed by atoms with E-state index in [-0.39, 0.29) is 11.6 Å². The fourth-order valence-electron chi connectivity index (χ4n) is 2.20. The molecule has 1 N–H and O–H groups in total. The molecule has 7 heteroatoms. The SMILES string of the molecule is CCC(CCOC)CNc1ccc(N(C)C(C)=O)cc1[N+](=O)[O-]. The topological polar surface area (TPSA) is 84.7 Å². The third kappa shape index (κ3) is 5.52. The zero-order valence-corrected chi connectivity index (χ0v) is 14.2. The van der Waals surface area contributed by atoms with Crippen LogP contribution in [0.2, 0.25) is 0 Å². The molecule has 1 atom stereocenters. The molecular formula is C16H25N3O4. The monoisotopic (exact) mass is 323 g/mol. The van der Waals surface area contributed by atoms with E-state index in [1.54, 1.807) is 26.3 Å². The summed E-state index contributed by atoms with van der Waals surface area (Å²) in [7, 11) is 3.25. The molecule has 0 spiro atoms. The van der Waals surface area contributed by atoms with Gasteiger partial charge in [-0.3, -0.25) is 14.9 Å². The molecule has 0 aliphatic heterocycles. The second-order valence-corrected chi connectivity index (χ2v) is 5.47. The Morgan fingerprint density at radius 2 is 2.17 bits per heavy atom. The van der Waals surface area contributed by atoms with Gasteiger partial charge in [0.05, 0.1) is 10.6 Å². The number of benzene rings is 1. The number of carbonyl (C=O) groups excluding carboxylic acids is 1. The first-order valence-corrected chi connectivity index (χ1v) is 7.66. The minimum Gasteiger partial charge on any atom is -0.385 e. The molecule has 1 aromatic carbocycles. The van der Waals surface area contributed by atoms with Crippen molar-refractivity contribution in [1.29, 1.82) is 0 Å². The summed E-state index contributed by atoms with van der Waals surface area (Å²) in [4.78, 5) is 23.6. The van der Waals surface area contributed by atoms with Gasteiger partial charge in [0.2, 0.25) is 5.91 Å². The molecular weight excluding hydrogens is 298 g/mol. The zero-order valence-electron chi connectivity index (χ0n) is 14.2. The molecule has 0 heterocycles. The molecule has 7 nitrogen and oxygen atoms in total. The Kier molecular flexibility index (Phi) is 7.47. The van der Waals surface area contributed by atoms with E-state index in [1.807, 2.05) is 0 Å². The molecule has 0 fully saturated rings. The van der Waals surface area contributed by atoms with E-state index in [1.165, 1.54) is 17.9 Å². The van der Waals surface area contributed by atoms with Crippen molar-refractivity contribution in [3.8, 4) is 0 Å². The molecule has 0 aliphatic rings. The van der Waals surface area contributed by atoms with Gasteiger partial charge in [0.25, 0.3) is 5.69 Å². The number of methoxy groups -OCH3 is 1. The first kappa shape index (κ1) is 18.9. The Morgan fingerprint density at radius 1 is 1.48 bits per heavy atom. The standard InChI is InChI=1S/C16H25N3O4/c1-5-13(8-9-23-4)11-17-15-7-6-14(18(3)12(2)20)10-16(15)19(21)22/h6-7,10,13,17H,5,8-9,11H2,1-4H3. The fraction of sp³-hybridized carbons (Fsp3) is 0.562. The molecule has 1 amide bonds. The predicted octanol–water partition coefficient (Wildman–Crippen LogP) is 3.05. The molecule has 23 heavy (non-hydrogen) atoms. The average Bonchev–Trinajstić information content (AvgIpc) is 2.54. The molecule has 128 valence electrons. The summed E-state index contributed by atoms with van der Waals surface area (Å²) in [6.45, 7) is 4.81. The van der Waals surface area contributed by atoms with Crippen molar-refractivity contribution < 1.29 is 14.5 Å². The lowest BCUT2D eigenvalue weighted by Crippen LogP contribution is -2.23. The molecule has 0 bridgehead atoms. The van der Waals surface area contributed by atoms with Crippen LogP contribution in [0.3, 0.4) is 0 Å². The van der Waals surface area contributed by atoms with Gasteiger partial charge in [0, 0.05) is 40.3 Å². The quantitative estimate of drug-likeness (QED) is 0.557. The Bertz CT molecular complexity index is 548. The second-order valence-electron chi connectivity index (χ2n) is 5.47. The molecule has 0 aliphatic carbocycles. The van der Waals surface area contributed by atoms with Crippen LogP contribution in [0.1, 0.15) is 26.7 Å². The lowest BCUT2D eigenvalue weighted by atomic mass is 10.0. The van der Waals surface area contributed by atoms with Crippen LogP contribution in [0.25, 0.3) is 0 Å². The highest BCUT2D eigenvalue weighted by atomic mass is 16.6. The Morgan fingerprint density at radius 3 is 2.70 bits per heavy atom. The van der Waals surface area contributed by atoms with Crippen LogP contribution >= 0.6 is 0 Å². The van der Waals surface area contributed by atoms with Crippen molar-refractivity contribution in [3.63, 3.8) is 0 Å². The smallest absolute Gasteiger partial charge is 0.294 e. The second kappa shape index (κ2) is 9.09. The number of nitrogens with zero attached hydrogens (tertiary/aromatic N) is 2. The minimum atomic E-state index is -0.435. The number of nitrogens with one attached hydrogen (secondary N) is 1. The number of carbonyl (C=O) groups is 1. The van der Waals surface area contributed by atoms with Gasteiger partial charge in [-0.2, -0.15) is 0 Å². The van der Waals surface area contributed by atoms with Gasteiger partial charge in [-0.05, 0) is 24.5 Å². The molecule has 1 aromatic rings. The Labute approximate surface area is 136 Å². The fourth-order valence-corrected chi connectivity index (χ4v) is 2.20.